The second-order valence-electron chi connectivity index (χ2n) is 3.63. The molecule has 0 saturated heterocycles. The van der Waals surface area contributed by atoms with Gasteiger partial charge in [0.15, 0.2) is 0 Å². The van der Waals surface area contributed by atoms with Crippen LogP contribution in [-0.2, 0) is 4.74 Å². The van der Waals surface area contributed by atoms with Gasteiger partial charge in [-0.05, 0) is 12.8 Å². The molecule has 66 valence electrons. The molecule has 0 aliphatic heterocycles. The van der Waals surface area contributed by atoms with Gasteiger partial charge in [0.05, 0.1) is 12.2 Å². The highest BCUT2D eigenvalue weighted by molar-refractivity contribution is 5.19. The first-order valence-electron chi connectivity index (χ1n) is 4.95. The van der Waals surface area contributed by atoms with Crippen molar-refractivity contribution in [3.63, 3.8) is 0 Å². The molecule has 0 bridgehead atoms. The predicted octanol–water partition coefficient (Wildman–Crippen LogP) is 2.83. The lowest BCUT2D eigenvalue weighted by Crippen LogP contribution is -2.21. The molecule has 0 radical (unpaired) electrons. The molecule has 0 amide bonds. The van der Waals surface area contributed by atoms with Crippen molar-refractivity contribution in [1.29, 1.82) is 0 Å². The fraction of sp³-hybridized carbons (Fsp3) is 0.636. The summed E-state index contributed by atoms with van der Waals surface area (Å²) in [4.78, 5) is 0. The van der Waals surface area contributed by atoms with Crippen LogP contribution in [-0.4, -0.2) is 12.2 Å². The first-order chi connectivity index (χ1) is 5.95. The van der Waals surface area contributed by atoms with Crippen LogP contribution in [0.3, 0.4) is 0 Å². The topological polar surface area (TPSA) is 9.23 Å². The summed E-state index contributed by atoms with van der Waals surface area (Å²) in [5, 5.41) is 0. The zero-order valence-electron chi connectivity index (χ0n) is 7.41. The molecule has 0 heterocycles. The van der Waals surface area contributed by atoms with E-state index in [-0.39, 0.29) is 6.10 Å². The minimum absolute atomic E-state index is 0.271. The van der Waals surface area contributed by atoms with Crippen molar-refractivity contribution in [3.05, 3.63) is 24.3 Å². The predicted molar refractivity (Wildman–Crippen MR) is 50.0 cm³/mol. The molecule has 0 atom stereocenters. The molecular weight excluding hydrogens is 148 g/mol. The van der Waals surface area contributed by atoms with E-state index in [1.165, 1.54) is 32.1 Å². The van der Waals surface area contributed by atoms with Crippen LogP contribution in [0.1, 0.15) is 32.1 Å². The van der Waals surface area contributed by atoms with Gasteiger partial charge in [-0.2, -0.15) is 0 Å². The fourth-order valence-corrected chi connectivity index (χ4v) is 1.93. The number of allylic oxidation sites excluding steroid dienone is 2. The van der Waals surface area contributed by atoms with E-state index >= 15 is 0 Å². The van der Waals surface area contributed by atoms with Gasteiger partial charge in [0.25, 0.3) is 0 Å². The largest absolute Gasteiger partial charge is 0.367 e. The maximum absolute atomic E-state index is 5.88. The van der Waals surface area contributed by atoms with E-state index in [2.05, 4.69) is 24.3 Å². The van der Waals surface area contributed by atoms with Gasteiger partial charge in [0.2, 0.25) is 0 Å². The Kier molecular flexibility index (Phi) is 2.62. The van der Waals surface area contributed by atoms with Gasteiger partial charge in [-0.1, -0.05) is 43.6 Å². The third-order valence-corrected chi connectivity index (χ3v) is 2.61. The Balaban J connectivity index is 1.77. The lowest BCUT2D eigenvalue weighted by Gasteiger charge is -2.24. The van der Waals surface area contributed by atoms with Crippen molar-refractivity contribution in [3.8, 4) is 0 Å². The lowest BCUT2D eigenvalue weighted by molar-refractivity contribution is 0.0145. The van der Waals surface area contributed by atoms with Gasteiger partial charge in [0.1, 0.15) is 0 Å². The maximum atomic E-state index is 5.88. The van der Waals surface area contributed by atoms with Crippen molar-refractivity contribution < 1.29 is 4.74 Å². The lowest BCUT2D eigenvalue weighted by atomic mass is 9.98. The van der Waals surface area contributed by atoms with Gasteiger partial charge in [-0.15, -0.1) is 0 Å². The standard InChI is InChI=1S/C11H16O/c1-2-6-10(7-3-1)12-11-8-4-5-9-11/h4-5,8-11H,1-3,6-7H2. The van der Waals surface area contributed by atoms with E-state index in [1.54, 1.807) is 0 Å². The average Bonchev–Trinajstić information content (AvgIpc) is 2.59. The SMILES string of the molecule is C1=CC(OC2CCCCC2)C=C1. The van der Waals surface area contributed by atoms with Crippen LogP contribution in [0.2, 0.25) is 0 Å². The summed E-state index contributed by atoms with van der Waals surface area (Å²) in [5.74, 6) is 0. The van der Waals surface area contributed by atoms with E-state index in [0.29, 0.717) is 6.10 Å². The van der Waals surface area contributed by atoms with Crippen molar-refractivity contribution >= 4 is 0 Å². The summed E-state index contributed by atoms with van der Waals surface area (Å²) in [7, 11) is 0. The van der Waals surface area contributed by atoms with Gasteiger partial charge >= 0.3 is 0 Å². The Hall–Kier alpha value is -0.560. The van der Waals surface area contributed by atoms with Gasteiger partial charge in [-0.3, -0.25) is 0 Å². The highest BCUT2D eigenvalue weighted by Crippen LogP contribution is 2.22. The van der Waals surface area contributed by atoms with E-state index in [0.717, 1.165) is 0 Å². The molecule has 2 aliphatic rings. The Morgan fingerprint density at radius 3 is 2.25 bits per heavy atom. The second kappa shape index (κ2) is 3.90. The third kappa shape index (κ3) is 1.98. The quantitative estimate of drug-likeness (QED) is 0.609. The molecule has 1 fully saturated rings. The van der Waals surface area contributed by atoms with Gasteiger partial charge < -0.3 is 4.74 Å². The Labute approximate surface area is 74.1 Å². The highest BCUT2D eigenvalue weighted by Gasteiger charge is 2.16. The highest BCUT2D eigenvalue weighted by atomic mass is 16.5. The van der Waals surface area contributed by atoms with Crippen LogP contribution >= 0.6 is 0 Å². The maximum Gasteiger partial charge on any atom is 0.0947 e. The number of ether oxygens (including phenoxy) is 1. The summed E-state index contributed by atoms with van der Waals surface area (Å²) in [6.45, 7) is 0. The first-order valence-corrected chi connectivity index (χ1v) is 4.95. The smallest absolute Gasteiger partial charge is 0.0947 e. The molecule has 0 spiro atoms. The Bertz CT molecular complexity index is 175. The molecule has 0 aromatic heterocycles. The molecule has 1 saturated carbocycles. The first kappa shape index (κ1) is 8.06. The molecule has 1 nitrogen and oxygen atoms in total. The van der Waals surface area contributed by atoms with Gasteiger partial charge in [0, 0.05) is 0 Å². The molecule has 0 N–H and O–H groups in total. The van der Waals surface area contributed by atoms with Crippen LogP contribution in [0, 0.1) is 0 Å². The van der Waals surface area contributed by atoms with Crippen molar-refractivity contribution in [2.45, 2.75) is 44.3 Å². The van der Waals surface area contributed by atoms with Crippen LogP contribution < -0.4 is 0 Å². The van der Waals surface area contributed by atoms with Crippen molar-refractivity contribution in [2.75, 3.05) is 0 Å². The second-order valence-corrected chi connectivity index (χ2v) is 3.63. The van der Waals surface area contributed by atoms with E-state index in [1.807, 2.05) is 0 Å². The zero-order valence-corrected chi connectivity index (χ0v) is 7.41. The summed E-state index contributed by atoms with van der Waals surface area (Å²) in [5.41, 5.74) is 0. The van der Waals surface area contributed by atoms with Gasteiger partial charge in [-0.25, -0.2) is 0 Å². The summed E-state index contributed by atoms with van der Waals surface area (Å²) >= 11 is 0. The molecule has 2 rings (SSSR count). The Morgan fingerprint density at radius 2 is 1.58 bits per heavy atom. The minimum Gasteiger partial charge on any atom is -0.367 e. The molecule has 0 unspecified atom stereocenters. The zero-order chi connectivity index (χ0) is 8.23. The van der Waals surface area contributed by atoms with Crippen LogP contribution in [0.5, 0.6) is 0 Å². The van der Waals surface area contributed by atoms with Crippen molar-refractivity contribution in [1.82, 2.24) is 0 Å². The molecular formula is C11H16O. The van der Waals surface area contributed by atoms with E-state index < -0.39 is 0 Å². The summed E-state index contributed by atoms with van der Waals surface area (Å²) in [6, 6.07) is 0. The number of hydrogen-bond donors (Lipinski definition) is 0. The molecule has 1 heteroatoms. The molecule has 0 aromatic rings. The summed E-state index contributed by atoms with van der Waals surface area (Å²) < 4.78 is 5.88. The number of rotatable bonds is 2. The third-order valence-electron chi connectivity index (χ3n) is 2.61. The van der Waals surface area contributed by atoms with Crippen LogP contribution in [0.15, 0.2) is 24.3 Å². The molecule has 0 aromatic carbocycles. The van der Waals surface area contributed by atoms with Crippen LogP contribution in [0.4, 0.5) is 0 Å². The minimum atomic E-state index is 0.271. The molecule has 12 heavy (non-hydrogen) atoms. The molecule has 2 aliphatic carbocycles. The average molecular weight is 164 g/mol. The number of hydrogen-bond acceptors (Lipinski definition) is 1. The van der Waals surface area contributed by atoms with Crippen molar-refractivity contribution in [2.24, 2.45) is 0 Å². The monoisotopic (exact) mass is 164 g/mol. The van der Waals surface area contributed by atoms with E-state index in [9.17, 15) is 0 Å². The van der Waals surface area contributed by atoms with E-state index in [4.69, 9.17) is 4.74 Å². The van der Waals surface area contributed by atoms with Crippen LogP contribution in [0.25, 0.3) is 0 Å². The fourth-order valence-electron chi connectivity index (χ4n) is 1.93. The Morgan fingerprint density at radius 1 is 0.917 bits per heavy atom. The normalized spacial score (nSPS) is 25.3. The summed E-state index contributed by atoms with van der Waals surface area (Å²) in [6.07, 6.45) is 15.8.